The Morgan fingerprint density at radius 2 is 2.05 bits per heavy atom. The smallest absolute Gasteiger partial charge is 0.406 e. The van der Waals surface area contributed by atoms with Gasteiger partial charge in [0.05, 0.1) is 0 Å². The summed E-state index contributed by atoms with van der Waals surface area (Å²) in [5.74, 6) is -1.76. The monoisotopic (exact) mass is 281 g/mol. The Labute approximate surface area is 109 Å². The molecule has 0 spiro atoms. The molecule has 0 aromatic heterocycles. The van der Waals surface area contributed by atoms with Gasteiger partial charge >= 0.3 is 12.1 Å². The van der Waals surface area contributed by atoms with Gasteiger partial charge in [0.15, 0.2) is 5.41 Å². The van der Waals surface area contributed by atoms with Gasteiger partial charge in [-0.05, 0) is 32.2 Å². The van der Waals surface area contributed by atoms with Crippen molar-refractivity contribution in [2.75, 3.05) is 26.3 Å². The Balaban J connectivity index is 2.10. The van der Waals surface area contributed by atoms with Crippen LogP contribution in [0, 0.1) is 5.41 Å². The van der Waals surface area contributed by atoms with Crippen LogP contribution >= 0.6 is 0 Å². The molecule has 0 aliphatic carbocycles. The number of likely N-dealkylation sites (tertiary alicyclic amines) is 1. The fraction of sp³-hybridized carbons (Fsp3) is 0.917. The molecule has 2 atom stereocenters. The van der Waals surface area contributed by atoms with E-state index in [0.29, 0.717) is 19.6 Å². The van der Waals surface area contributed by atoms with Gasteiger partial charge in [-0.2, -0.15) is 13.2 Å². The molecule has 2 aliphatic heterocycles. The van der Waals surface area contributed by atoms with Crippen LogP contribution in [-0.2, 0) is 9.53 Å². The molecular formula is C12H18F3NO3. The predicted molar refractivity (Wildman–Crippen MR) is 60.8 cm³/mol. The van der Waals surface area contributed by atoms with Crippen LogP contribution in [-0.4, -0.2) is 54.5 Å². The van der Waals surface area contributed by atoms with Gasteiger partial charge in [-0.25, -0.2) is 0 Å². The van der Waals surface area contributed by atoms with Crippen molar-refractivity contribution in [2.24, 2.45) is 5.41 Å². The quantitative estimate of drug-likeness (QED) is 0.840. The van der Waals surface area contributed by atoms with E-state index in [2.05, 4.69) is 0 Å². The van der Waals surface area contributed by atoms with Crippen molar-refractivity contribution in [2.45, 2.75) is 37.9 Å². The maximum absolute atomic E-state index is 13.1. The van der Waals surface area contributed by atoms with Gasteiger partial charge in [-0.15, -0.1) is 0 Å². The van der Waals surface area contributed by atoms with Crippen LogP contribution in [0.4, 0.5) is 13.2 Å². The van der Waals surface area contributed by atoms with Crippen LogP contribution in [0.25, 0.3) is 0 Å². The number of alkyl halides is 3. The number of carbonyl (C=O) groups is 1. The van der Waals surface area contributed by atoms with E-state index in [0.717, 1.165) is 12.8 Å². The highest BCUT2D eigenvalue weighted by Gasteiger charge is 2.63. The van der Waals surface area contributed by atoms with E-state index in [4.69, 9.17) is 9.84 Å². The molecule has 2 aliphatic rings. The highest BCUT2D eigenvalue weighted by atomic mass is 19.4. The van der Waals surface area contributed by atoms with Gasteiger partial charge in [-0.3, -0.25) is 9.69 Å². The molecule has 0 aromatic carbocycles. The number of nitrogens with zero attached hydrogens (tertiary/aromatic N) is 1. The molecule has 2 fully saturated rings. The lowest BCUT2D eigenvalue weighted by atomic mass is 9.86. The minimum Gasteiger partial charge on any atom is -0.481 e. The maximum Gasteiger partial charge on any atom is 0.406 e. The van der Waals surface area contributed by atoms with Crippen LogP contribution < -0.4 is 0 Å². The first-order valence-corrected chi connectivity index (χ1v) is 6.49. The molecule has 0 aromatic rings. The van der Waals surface area contributed by atoms with Crippen molar-refractivity contribution < 1.29 is 27.8 Å². The van der Waals surface area contributed by atoms with Crippen LogP contribution in [0.5, 0.6) is 0 Å². The summed E-state index contributed by atoms with van der Waals surface area (Å²) in [6.45, 7) is 0.925. The highest BCUT2D eigenvalue weighted by molar-refractivity contribution is 5.76. The number of ether oxygens (including phenoxy) is 1. The van der Waals surface area contributed by atoms with Crippen molar-refractivity contribution in [1.82, 2.24) is 4.90 Å². The molecule has 1 N–H and O–H groups in total. The Hall–Kier alpha value is -0.820. The molecule has 0 bridgehead atoms. The van der Waals surface area contributed by atoms with Crippen molar-refractivity contribution >= 4 is 5.97 Å². The van der Waals surface area contributed by atoms with Crippen LogP contribution in [0.3, 0.4) is 0 Å². The summed E-state index contributed by atoms with van der Waals surface area (Å²) in [6, 6.07) is 0.00562. The maximum atomic E-state index is 13.1. The zero-order chi connectivity index (χ0) is 14.1. The Morgan fingerprint density at radius 3 is 2.63 bits per heavy atom. The second-order valence-electron chi connectivity index (χ2n) is 5.30. The van der Waals surface area contributed by atoms with E-state index in [9.17, 15) is 18.0 Å². The summed E-state index contributed by atoms with van der Waals surface area (Å²) in [7, 11) is 0. The SMILES string of the molecule is O=C(O)C1(C(F)(F)F)CCN(C2CCCOCC2)C1. The van der Waals surface area contributed by atoms with Crippen molar-refractivity contribution in [3.8, 4) is 0 Å². The topological polar surface area (TPSA) is 49.8 Å². The number of rotatable bonds is 2. The average molecular weight is 281 g/mol. The molecule has 2 heterocycles. The summed E-state index contributed by atoms with van der Waals surface area (Å²) in [5, 5.41) is 9.00. The first kappa shape index (κ1) is 14.6. The minimum absolute atomic E-state index is 0.00562. The fourth-order valence-electron chi connectivity index (χ4n) is 2.93. The molecule has 2 unspecified atom stereocenters. The normalized spacial score (nSPS) is 34.2. The number of hydrogen-bond acceptors (Lipinski definition) is 3. The van der Waals surface area contributed by atoms with Crippen LogP contribution in [0.1, 0.15) is 25.7 Å². The average Bonchev–Trinajstić information content (AvgIpc) is 2.61. The number of carboxylic acid groups (broad SMARTS) is 1. The molecular weight excluding hydrogens is 263 g/mol. The molecule has 7 heteroatoms. The molecule has 4 nitrogen and oxygen atoms in total. The minimum atomic E-state index is -4.70. The van der Waals surface area contributed by atoms with Crippen molar-refractivity contribution in [1.29, 1.82) is 0 Å². The van der Waals surface area contributed by atoms with Crippen molar-refractivity contribution in [3.63, 3.8) is 0 Å². The van der Waals surface area contributed by atoms with Gasteiger partial charge in [0.1, 0.15) is 0 Å². The molecule has 0 radical (unpaired) electrons. The Kier molecular flexibility index (Phi) is 4.06. The first-order valence-electron chi connectivity index (χ1n) is 6.49. The summed E-state index contributed by atoms with van der Waals surface area (Å²) < 4.78 is 44.5. The van der Waals surface area contributed by atoms with Gasteiger partial charge in [-0.1, -0.05) is 0 Å². The molecule has 0 saturated carbocycles. The molecule has 19 heavy (non-hydrogen) atoms. The molecule has 2 saturated heterocycles. The van der Waals surface area contributed by atoms with E-state index < -0.39 is 24.1 Å². The lowest BCUT2D eigenvalue weighted by Gasteiger charge is -2.30. The first-order chi connectivity index (χ1) is 8.87. The lowest BCUT2D eigenvalue weighted by Crippen LogP contribution is -2.48. The zero-order valence-corrected chi connectivity index (χ0v) is 10.6. The second-order valence-corrected chi connectivity index (χ2v) is 5.30. The summed E-state index contributed by atoms with van der Waals surface area (Å²) in [4.78, 5) is 12.8. The van der Waals surface area contributed by atoms with E-state index in [1.165, 1.54) is 0 Å². The number of halogens is 3. The third kappa shape index (κ3) is 2.72. The standard InChI is InChI=1S/C12H18F3NO3/c13-12(14,15)11(10(17)18)4-5-16(8-11)9-2-1-6-19-7-3-9/h9H,1-8H2,(H,17,18). The highest BCUT2D eigenvalue weighted by Crippen LogP contribution is 2.46. The summed E-state index contributed by atoms with van der Waals surface area (Å²) in [5.41, 5.74) is -2.60. The van der Waals surface area contributed by atoms with Crippen LogP contribution in [0.2, 0.25) is 0 Å². The van der Waals surface area contributed by atoms with Gasteiger partial charge < -0.3 is 9.84 Å². The Morgan fingerprint density at radius 1 is 1.32 bits per heavy atom. The Bertz CT molecular complexity index is 340. The summed E-state index contributed by atoms with van der Waals surface area (Å²) in [6.07, 6.45) is -2.80. The van der Waals surface area contributed by atoms with E-state index in [-0.39, 0.29) is 19.0 Å². The van der Waals surface area contributed by atoms with E-state index in [1.54, 1.807) is 4.90 Å². The fourth-order valence-corrected chi connectivity index (χ4v) is 2.93. The lowest BCUT2D eigenvalue weighted by molar-refractivity contribution is -0.227. The second kappa shape index (κ2) is 5.28. The summed E-state index contributed by atoms with van der Waals surface area (Å²) >= 11 is 0. The molecule has 110 valence electrons. The third-order valence-electron chi connectivity index (χ3n) is 4.19. The predicted octanol–water partition coefficient (Wildman–Crippen LogP) is 1.89. The van der Waals surface area contributed by atoms with Crippen molar-refractivity contribution in [3.05, 3.63) is 0 Å². The largest absolute Gasteiger partial charge is 0.481 e. The van der Waals surface area contributed by atoms with Gasteiger partial charge in [0, 0.05) is 25.8 Å². The van der Waals surface area contributed by atoms with E-state index in [1.807, 2.05) is 0 Å². The van der Waals surface area contributed by atoms with E-state index >= 15 is 0 Å². The third-order valence-corrected chi connectivity index (χ3v) is 4.19. The van der Waals surface area contributed by atoms with Gasteiger partial charge in [0.25, 0.3) is 0 Å². The number of aliphatic carboxylic acids is 1. The van der Waals surface area contributed by atoms with Crippen LogP contribution in [0.15, 0.2) is 0 Å². The number of hydrogen-bond donors (Lipinski definition) is 1. The molecule has 0 amide bonds. The zero-order valence-electron chi connectivity index (χ0n) is 10.6. The molecule has 2 rings (SSSR count). The van der Waals surface area contributed by atoms with Gasteiger partial charge in [0.2, 0.25) is 0 Å². The number of carboxylic acids is 1.